The minimum Gasteiger partial charge on any atom is -0.264 e. The van der Waals surface area contributed by atoms with Crippen molar-refractivity contribution >= 4 is 0 Å². The summed E-state index contributed by atoms with van der Waals surface area (Å²) in [5, 5.41) is 15.7. The first-order valence-electron chi connectivity index (χ1n) is 6.14. The number of benzene rings is 1. The topological polar surface area (TPSA) is 78.2 Å². The smallest absolute Gasteiger partial charge is 0.137 e. The molecule has 5 heteroatoms. The van der Waals surface area contributed by atoms with E-state index in [1.54, 1.807) is 18.3 Å². The third-order valence-electron chi connectivity index (χ3n) is 3.10. The summed E-state index contributed by atoms with van der Waals surface area (Å²) in [6.45, 7) is 0. The summed E-state index contributed by atoms with van der Waals surface area (Å²) in [4.78, 5) is 8.41. The number of H-pyrrole nitrogens is 1. The van der Waals surface area contributed by atoms with E-state index >= 15 is 0 Å². The first-order chi connectivity index (χ1) is 9.88. The number of nitriles is 1. The highest BCUT2D eigenvalue weighted by atomic mass is 15.2. The molecular weight excluding hydrogens is 250 g/mol. The Bertz CT molecular complexity index is 711. The minimum atomic E-state index is -0.0704. The normalized spacial score (nSPS) is 11.8. The van der Waals surface area contributed by atoms with Crippen LogP contribution in [0, 0.1) is 11.3 Å². The van der Waals surface area contributed by atoms with Crippen molar-refractivity contribution in [2.24, 2.45) is 0 Å². The second kappa shape index (κ2) is 5.33. The Kier molecular flexibility index (Phi) is 3.21. The van der Waals surface area contributed by atoms with E-state index in [2.05, 4.69) is 26.2 Å². The number of nitrogens with one attached hydrogen (secondary N) is 1. The first-order valence-corrected chi connectivity index (χ1v) is 6.14. The predicted molar refractivity (Wildman–Crippen MR) is 72.7 cm³/mol. The Morgan fingerprint density at radius 1 is 1.10 bits per heavy atom. The lowest BCUT2D eigenvalue weighted by Gasteiger charge is -2.14. The Morgan fingerprint density at radius 2 is 1.95 bits per heavy atom. The van der Waals surface area contributed by atoms with Gasteiger partial charge in [-0.2, -0.15) is 10.4 Å². The Balaban J connectivity index is 2.08. The zero-order valence-electron chi connectivity index (χ0n) is 10.6. The van der Waals surface area contributed by atoms with Crippen molar-refractivity contribution < 1.29 is 0 Å². The van der Waals surface area contributed by atoms with Crippen LogP contribution < -0.4 is 0 Å². The quantitative estimate of drug-likeness (QED) is 0.784. The molecule has 0 aliphatic heterocycles. The maximum Gasteiger partial charge on any atom is 0.137 e. The summed E-state index contributed by atoms with van der Waals surface area (Å²) in [6.07, 6.45) is 5.04. The van der Waals surface area contributed by atoms with E-state index in [0.29, 0.717) is 5.56 Å². The summed E-state index contributed by atoms with van der Waals surface area (Å²) in [6, 6.07) is 13.5. The molecule has 3 aromatic rings. The molecule has 0 spiro atoms. The molecule has 20 heavy (non-hydrogen) atoms. The van der Waals surface area contributed by atoms with Gasteiger partial charge in [-0.05, 0) is 29.3 Å². The lowest BCUT2D eigenvalue weighted by atomic mass is 9.91. The van der Waals surface area contributed by atoms with E-state index in [0.717, 1.165) is 17.0 Å². The van der Waals surface area contributed by atoms with Crippen LogP contribution in [0.4, 0.5) is 0 Å². The molecule has 0 bridgehead atoms. The maximum atomic E-state index is 8.88. The molecule has 1 N–H and O–H groups in total. The van der Waals surface area contributed by atoms with Gasteiger partial charge in [0, 0.05) is 12.4 Å². The predicted octanol–water partition coefficient (Wildman–Crippen LogP) is 2.25. The third-order valence-corrected chi connectivity index (χ3v) is 3.10. The van der Waals surface area contributed by atoms with E-state index in [1.807, 2.05) is 30.5 Å². The van der Waals surface area contributed by atoms with Crippen LogP contribution in [-0.2, 0) is 0 Å². The molecule has 5 nitrogen and oxygen atoms in total. The van der Waals surface area contributed by atoms with Crippen molar-refractivity contribution in [3.05, 3.63) is 77.6 Å². The van der Waals surface area contributed by atoms with Crippen LogP contribution in [0.2, 0.25) is 0 Å². The van der Waals surface area contributed by atoms with Gasteiger partial charge >= 0.3 is 0 Å². The number of rotatable bonds is 3. The van der Waals surface area contributed by atoms with Crippen molar-refractivity contribution in [2.75, 3.05) is 0 Å². The largest absolute Gasteiger partial charge is 0.264 e. The molecule has 2 aromatic heterocycles. The molecule has 2 heterocycles. The average molecular weight is 261 g/mol. The van der Waals surface area contributed by atoms with Gasteiger partial charge in [0.15, 0.2) is 0 Å². The highest BCUT2D eigenvalue weighted by Crippen LogP contribution is 2.28. The molecule has 1 aromatic carbocycles. The molecule has 1 unspecified atom stereocenters. The van der Waals surface area contributed by atoms with Gasteiger partial charge in [0.05, 0.1) is 17.6 Å². The van der Waals surface area contributed by atoms with Gasteiger partial charge in [0.1, 0.15) is 12.2 Å². The number of aromatic nitrogens is 4. The highest BCUT2D eigenvalue weighted by molar-refractivity contribution is 5.40. The number of pyridine rings is 1. The van der Waals surface area contributed by atoms with Gasteiger partial charge in [-0.3, -0.25) is 10.1 Å². The molecule has 0 radical (unpaired) electrons. The lowest BCUT2D eigenvalue weighted by molar-refractivity contribution is 0.856. The molecule has 3 rings (SSSR count). The molecular formula is C15H11N5. The standard InChI is InChI=1S/C15H11N5/c16-8-11-3-5-12(6-4-11)14(15-18-10-19-20-15)13-2-1-7-17-9-13/h1-7,9-10,14H,(H,18,19,20). The van der Waals surface area contributed by atoms with E-state index in [-0.39, 0.29) is 5.92 Å². The van der Waals surface area contributed by atoms with Crippen LogP contribution in [0.25, 0.3) is 0 Å². The van der Waals surface area contributed by atoms with Gasteiger partial charge in [-0.25, -0.2) is 4.98 Å². The van der Waals surface area contributed by atoms with Crippen LogP contribution in [0.1, 0.15) is 28.4 Å². The van der Waals surface area contributed by atoms with Crippen molar-refractivity contribution in [3.8, 4) is 6.07 Å². The highest BCUT2D eigenvalue weighted by Gasteiger charge is 2.19. The molecule has 0 aliphatic carbocycles. The molecule has 0 fully saturated rings. The van der Waals surface area contributed by atoms with Gasteiger partial charge in [-0.15, -0.1) is 0 Å². The molecule has 0 saturated carbocycles. The average Bonchev–Trinajstić information content (AvgIpc) is 3.03. The Morgan fingerprint density at radius 3 is 2.55 bits per heavy atom. The summed E-state index contributed by atoms with van der Waals surface area (Å²) >= 11 is 0. The van der Waals surface area contributed by atoms with Crippen LogP contribution in [-0.4, -0.2) is 20.2 Å². The second-order valence-corrected chi connectivity index (χ2v) is 4.32. The van der Waals surface area contributed by atoms with Crippen LogP contribution in [0.5, 0.6) is 0 Å². The fourth-order valence-electron chi connectivity index (χ4n) is 2.16. The van der Waals surface area contributed by atoms with Gasteiger partial charge < -0.3 is 0 Å². The SMILES string of the molecule is N#Cc1ccc(C(c2cccnc2)c2ncn[nH]2)cc1. The van der Waals surface area contributed by atoms with E-state index in [1.165, 1.54) is 6.33 Å². The minimum absolute atomic E-state index is 0.0704. The number of hydrogen-bond acceptors (Lipinski definition) is 4. The van der Waals surface area contributed by atoms with Crippen LogP contribution in [0.15, 0.2) is 55.1 Å². The zero-order valence-corrected chi connectivity index (χ0v) is 10.6. The van der Waals surface area contributed by atoms with E-state index in [9.17, 15) is 0 Å². The molecule has 96 valence electrons. The second-order valence-electron chi connectivity index (χ2n) is 4.32. The fourth-order valence-corrected chi connectivity index (χ4v) is 2.16. The van der Waals surface area contributed by atoms with E-state index < -0.39 is 0 Å². The summed E-state index contributed by atoms with van der Waals surface area (Å²) in [7, 11) is 0. The van der Waals surface area contributed by atoms with E-state index in [4.69, 9.17) is 5.26 Å². The van der Waals surface area contributed by atoms with Gasteiger partial charge in [-0.1, -0.05) is 18.2 Å². The maximum absolute atomic E-state index is 8.88. The lowest BCUT2D eigenvalue weighted by Crippen LogP contribution is -2.06. The Labute approximate surface area is 116 Å². The van der Waals surface area contributed by atoms with Crippen LogP contribution in [0.3, 0.4) is 0 Å². The monoisotopic (exact) mass is 261 g/mol. The third kappa shape index (κ3) is 2.27. The van der Waals surface area contributed by atoms with Crippen molar-refractivity contribution in [1.82, 2.24) is 20.2 Å². The molecule has 0 saturated heterocycles. The molecule has 1 atom stereocenters. The van der Waals surface area contributed by atoms with Gasteiger partial charge in [0.2, 0.25) is 0 Å². The molecule has 0 amide bonds. The van der Waals surface area contributed by atoms with Crippen molar-refractivity contribution in [1.29, 1.82) is 5.26 Å². The summed E-state index contributed by atoms with van der Waals surface area (Å²) in [5.74, 6) is 0.682. The van der Waals surface area contributed by atoms with Gasteiger partial charge in [0.25, 0.3) is 0 Å². The summed E-state index contributed by atoms with van der Waals surface area (Å²) < 4.78 is 0. The zero-order chi connectivity index (χ0) is 13.8. The first kappa shape index (κ1) is 12.1. The van der Waals surface area contributed by atoms with Crippen molar-refractivity contribution in [2.45, 2.75) is 5.92 Å². The van der Waals surface area contributed by atoms with Crippen molar-refractivity contribution in [3.63, 3.8) is 0 Å². The number of nitrogens with zero attached hydrogens (tertiary/aromatic N) is 4. The number of hydrogen-bond donors (Lipinski definition) is 1. The van der Waals surface area contributed by atoms with Crippen LogP contribution >= 0.6 is 0 Å². The summed E-state index contributed by atoms with van der Waals surface area (Å²) in [5.41, 5.74) is 2.69. The number of aromatic amines is 1. The Hall–Kier alpha value is -3.00. The molecule has 0 aliphatic rings. The fraction of sp³-hybridized carbons (Fsp3) is 0.0667.